The average Bonchev–Trinajstić information content (AvgIpc) is 2.94. The molecule has 228 valence electrons. The van der Waals surface area contributed by atoms with Crippen LogP contribution in [-0.2, 0) is 23.0 Å². The van der Waals surface area contributed by atoms with E-state index in [9.17, 15) is 13.0 Å². The molecule has 0 aliphatic carbocycles. The maximum Gasteiger partial charge on any atom is 1.00 e. The van der Waals surface area contributed by atoms with Gasteiger partial charge in [-0.3, -0.25) is 0 Å². The Labute approximate surface area is 276 Å². The summed E-state index contributed by atoms with van der Waals surface area (Å²) >= 11 is 0. The summed E-state index contributed by atoms with van der Waals surface area (Å²) < 4.78 is 36.5. The Morgan fingerprint density at radius 2 is 0.878 bits per heavy atom. The maximum absolute atomic E-state index is 12.2. The van der Waals surface area contributed by atoms with E-state index in [1.807, 2.05) is 6.07 Å². The number of rotatable bonds is 25. The average molecular weight is 595 g/mol. The molecule has 0 N–H and O–H groups in total. The Kier molecular flexibility index (Phi) is 22.6. The molecule has 2 aromatic carbocycles. The summed E-state index contributed by atoms with van der Waals surface area (Å²) in [5, 5.41) is 1.65. The SMILES string of the molecule is CCCCCCCCCCCCCc1ccc(CCCCCCCCCCCCC)c2c(S(=O)(=O)[O-])cccc12.[Na+]. The first kappa shape index (κ1) is 38.6. The topological polar surface area (TPSA) is 57.2 Å². The van der Waals surface area contributed by atoms with Gasteiger partial charge in [-0.15, -0.1) is 0 Å². The van der Waals surface area contributed by atoms with Crippen LogP contribution in [-0.4, -0.2) is 13.0 Å². The fraction of sp³-hybridized carbons (Fsp3) is 0.722. The summed E-state index contributed by atoms with van der Waals surface area (Å²) in [5.74, 6) is 0. The summed E-state index contributed by atoms with van der Waals surface area (Å²) in [7, 11) is -4.52. The minimum atomic E-state index is -4.52. The Bertz CT molecular complexity index is 1030. The molecule has 0 aromatic heterocycles. The molecule has 2 aromatic rings. The third-order valence-electron chi connectivity index (χ3n) is 8.55. The van der Waals surface area contributed by atoms with Crippen molar-refractivity contribution in [1.29, 1.82) is 0 Å². The van der Waals surface area contributed by atoms with E-state index in [4.69, 9.17) is 0 Å². The van der Waals surface area contributed by atoms with E-state index in [0.29, 0.717) is 5.39 Å². The molecule has 0 fully saturated rings. The summed E-state index contributed by atoms with van der Waals surface area (Å²) in [6.45, 7) is 4.53. The van der Waals surface area contributed by atoms with Crippen molar-refractivity contribution in [2.45, 2.75) is 173 Å². The zero-order valence-corrected chi connectivity index (χ0v) is 29.8. The fourth-order valence-corrected chi connectivity index (χ4v) is 6.83. The minimum absolute atomic E-state index is 0. The van der Waals surface area contributed by atoms with Gasteiger partial charge in [0.1, 0.15) is 10.1 Å². The molecule has 0 amide bonds. The first-order chi connectivity index (χ1) is 19.5. The summed E-state index contributed by atoms with van der Waals surface area (Å²) in [5.41, 5.74) is 2.20. The molecule has 0 spiro atoms. The van der Waals surface area contributed by atoms with Gasteiger partial charge in [0.15, 0.2) is 0 Å². The number of hydrogen-bond donors (Lipinski definition) is 0. The van der Waals surface area contributed by atoms with Crippen LogP contribution in [0, 0.1) is 0 Å². The second-order valence-corrected chi connectivity index (χ2v) is 13.4. The molecule has 41 heavy (non-hydrogen) atoms. The van der Waals surface area contributed by atoms with Gasteiger partial charge in [-0.2, -0.15) is 0 Å². The summed E-state index contributed by atoms with van der Waals surface area (Å²) in [6, 6.07) is 9.54. The molecule has 0 unspecified atom stereocenters. The van der Waals surface area contributed by atoms with Gasteiger partial charge >= 0.3 is 29.6 Å². The normalized spacial score (nSPS) is 11.7. The molecular weight excluding hydrogens is 535 g/mol. The van der Waals surface area contributed by atoms with Crippen molar-refractivity contribution in [1.82, 2.24) is 0 Å². The second kappa shape index (κ2) is 24.0. The molecule has 3 nitrogen and oxygen atoms in total. The van der Waals surface area contributed by atoms with Gasteiger partial charge in [0.05, 0.1) is 4.90 Å². The smallest absolute Gasteiger partial charge is 0.744 e. The monoisotopic (exact) mass is 594 g/mol. The maximum atomic E-state index is 12.2. The first-order valence-electron chi connectivity index (χ1n) is 17.0. The van der Waals surface area contributed by atoms with E-state index in [2.05, 4.69) is 26.0 Å². The van der Waals surface area contributed by atoms with E-state index in [0.717, 1.165) is 43.1 Å². The van der Waals surface area contributed by atoms with Gasteiger partial charge in [-0.25, -0.2) is 8.42 Å². The van der Waals surface area contributed by atoms with Crippen LogP contribution in [0.25, 0.3) is 10.8 Å². The second-order valence-electron chi connectivity index (χ2n) is 12.1. The Morgan fingerprint density at radius 1 is 0.512 bits per heavy atom. The van der Waals surface area contributed by atoms with Crippen LogP contribution in [0.4, 0.5) is 0 Å². The molecule has 0 bridgehead atoms. The van der Waals surface area contributed by atoms with Crippen molar-refractivity contribution in [3.05, 3.63) is 41.5 Å². The number of unbranched alkanes of at least 4 members (excludes halogenated alkanes) is 20. The van der Waals surface area contributed by atoms with Gasteiger partial charge in [0.25, 0.3) is 0 Å². The van der Waals surface area contributed by atoms with Crippen LogP contribution in [0.2, 0.25) is 0 Å². The largest absolute Gasteiger partial charge is 1.00 e. The molecule has 0 saturated carbocycles. The molecule has 0 atom stereocenters. The number of hydrogen-bond acceptors (Lipinski definition) is 3. The van der Waals surface area contributed by atoms with Gasteiger partial charge < -0.3 is 4.55 Å². The van der Waals surface area contributed by atoms with Crippen LogP contribution in [0.15, 0.2) is 35.2 Å². The van der Waals surface area contributed by atoms with Crippen molar-refractivity contribution >= 4 is 20.9 Å². The zero-order chi connectivity index (χ0) is 28.9. The van der Waals surface area contributed by atoms with Crippen LogP contribution >= 0.6 is 0 Å². The molecule has 0 heterocycles. The third-order valence-corrected chi connectivity index (χ3v) is 9.43. The first-order valence-corrected chi connectivity index (χ1v) is 18.4. The predicted molar refractivity (Wildman–Crippen MR) is 172 cm³/mol. The quantitative estimate of drug-likeness (QED) is 0.0658. The molecule has 0 aliphatic rings. The Balaban J connectivity index is 0.00000840. The third kappa shape index (κ3) is 16.3. The van der Waals surface area contributed by atoms with Crippen LogP contribution in [0.5, 0.6) is 0 Å². The van der Waals surface area contributed by atoms with Crippen molar-refractivity contribution in [3.63, 3.8) is 0 Å². The number of fused-ring (bicyclic) bond motifs is 1. The van der Waals surface area contributed by atoms with E-state index >= 15 is 0 Å². The van der Waals surface area contributed by atoms with E-state index in [1.54, 1.807) is 6.07 Å². The molecule has 2 rings (SSSR count). The Hall–Kier alpha value is -0.390. The Morgan fingerprint density at radius 3 is 1.29 bits per heavy atom. The van der Waals surface area contributed by atoms with Crippen LogP contribution < -0.4 is 29.6 Å². The standard InChI is InChI=1S/C36H60O3S.Na/c1-3-5-7-9-11-13-15-17-19-21-23-26-32-30-31-33(36-34(32)28-25-29-35(36)40(37,38)39)27-24-22-20-18-16-14-12-10-8-6-4-2;/h25,28-31H,3-24,26-27H2,1-2H3,(H,37,38,39);/q;+1/p-1. The molecule has 0 aliphatic heterocycles. The van der Waals surface area contributed by atoms with Crippen molar-refractivity contribution < 1.29 is 42.5 Å². The molecule has 5 heteroatoms. The van der Waals surface area contributed by atoms with Gasteiger partial charge in [-0.1, -0.05) is 167 Å². The van der Waals surface area contributed by atoms with E-state index < -0.39 is 10.1 Å². The number of aryl methyl sites for hydroxylation is 2. The zero-order valence-electron chi connectivity index (χ0n) is 27.0. The summed E-state index contributed by atoms with van der Waals surface area (Å²) in [6.07, 6.45) is 30.4. The number of benzene rings is 2. The van der Waals surface area contributed by atoms with Gasteiger partial charge in [-0.05, 0) is 48.3 Å². The van der Waals surface area contributed by atoms with Crippen LogP contribution in [0.1, 0.15) is 166 Å². The van der Waals surface area contributed by atoms with E-state index in [1.165, 1.54) is 134 Å². The van der Waals surface area contributed by atoms with Crippen molar-refractivity contribution in [2.24, 2.45) is 0 Å². The van der Waals surface area contributed by atoms with Gasteiger partial charge in [0, 0.05) is 5.39 Å². The van der Waals surface area contributed by atoms with Crippen molar-refractivity contribution in [3.8, 4) is 0 Å². The molecule has 0 radical (unpaired) electrons. The van der Waals surface area contributed by atoms with Crippen LogP contribution in [0.3, 0.4) is 0 Å². The summed E-state index contributed by atoms with van der Waals surface area (Å²) in [4.78, 5) is -0.0381. The molecule has 0 saturated heterocycles. The minimum Gasteiger partial charge on any atom is -0.744 e. The fourth-order valence-electron chi connectivity index (χ4n) is 6.10. The van der Waals surface area contributed by atoms with Gasteiger partial charge in [0.2, 0.25) is 0 Å². The van der Waals surface area contributed by atoms with Crippen molar-refractivity contribution in [2.75, 3.05) is 0 Å². The molecular formula is C36H59NaO3S. The van der Waals surface area contributed by atoms with E-state index in [-0.39, 0.29) is 34.5 Å². The predicted octanol–water partition coefficient (Wildman–Crippen LogP) is 8.45.